The molecule has 190 valence electrons. The van der Waals surface area contributed by atoms with Crippen LogP contribution < -0.4 is 80.4 Å². The first-order chi connectivity index (χ1) is 17.2. The number of thiazole rings is 2. The van der Waals surface area contributed by atoms with Crippen molar-refractivity contribution < 1.29 is 98.1 Å². The fraction of sp³-hybridized carbons (Fsp3) is 0.316. The average Bonchev–Trinajstić information content (AvgIpc) is 3.45. The van der Waals surface area contributed by atoms with Crippen LogP contribution in [0.4, 0.5) is 5.13 Å². The maximum Gasteiger partial charge on any atom is 1.00 e. The molecule has 2 atom stereocenters. The van der Waals surface area contributed by atoms with Crippen molar-refractivity contribution in [3.05, 3.63) is 38.6 Å². The van der Waals surface area contributed by atoms with Crippen LogP contribution in [0.15, 0.2) is 27.4 Å². The molecular formula is C19H16N6Na2O8S3. The quantitative estimate of drug-likeness (QED) is 0.113. The SMILES string of the molecule is Cc1csc(COC2=C(C(=O)[O-])N3C(=O)[C@@H](NC(=O)/C(=N\OCC(=O)[O-])c4csc(N)n4)[C@H]3SC2)n1.[Na+].[Na+]. The van der Waals surface area contributed by atoms with E-state index in [9.17, 15) is 29.4 Å². The number of nitrogens with zero attached hydrogens (tertiary/aromatic N) is 4. The van der Waals surface area contributed by atoms with E-state index >= 15 is 0 Å². The number of nitrogens with two attached hydrogens (primary N) is 1. The fourth-order valence-electron chi connectivity index (χ4n) is 3.27. The van der Waals surface area contributed by atoms with Gasteiger partial charge in [0.25, 0.3) is 11.8 Å². The summed E-state index contributed by atoms with van der Waals surface area (Å²) in [5.74, 6) is -4.62. The van der Waals surface area contributed by atoms with Crippen LogP contribution in [0.3, 0.4) is 0 Å². The van der Waals surface area contributed by atoms with Crippen molar-refractivity contribution in [2.75, 3.05) is 18.1 Å². The molecule has 0 unspecified atom stereocenters. The molecule has 38 heavy (non-hydrogen) atoms. The first kappa shape index (κ1) is 32.5. The van der Waals surface area contributed by atoms with Crippen molar-refractivity contribution in [3.8, 4) is 0 Å². The molecule has 0 radical (unpaired) electrons. The number of carboxylic acid groups (broad SMARTS) is 2. The zero-order chi connectivity index (χ0) is 26.0. The number of thioether (sulfide) groups is 1. The number of carbonyl (C=O) groups excluding carboxylic acids is 4. The Kier molecular flexibility index (Phi) is 12.1. The number of nitrogens with one attached hydrogen (secondary N) is 1. The van der Waals surface area contributed by atoms with Crippen LogP contribution in [0, 0.1) is 6.92 Å². The number of β-lactam (4-membered cyclic amide) rings is 1. The molecule has 3 N–H and O–H groups in total. The van der Waals surface area contributed by atoms with E-state index in [1.54, 1.807) is 0 Å². The number of nitrogen functional groups attached to an aromatic ring is 1. The first-order valence-corrected chi connectivity index (χ1v) is 12.8. The summed E-state index contributed by atoms with van der Waals surface area (Å²) < 4.78 is 5.63. The van der Waals surface area contributed by atoms with E-state index in [4.69, 9.17) is 10.5 Å². The van der Waals surface area contributed by atoms with Crippen LogP contribution in [0.25, 0.3) is 0 Å². The number of aryl methyl sites for hydroxylation is 1. The van der Waals surface area contributed by atoms with E-state index in [1.165, 1.54) is 28.5 Å². The van der Waals surface area contributed by atoms with E-state index < -0.39 is 53.2 Å². The molecule has 2 aromatic rings. The van der Waals surface area contributed by atoms with Crippen molar-refractivity contribution >= 4 is 69.0 Å². The summed E-state index contributed by atoms with van der Waals surface area (Å²) in [6.45, 7) is 0.920. The molecule has 2 aliphatic heterocycles. The van der Waals surface area contributed by atoms with Gasteiger partial charge in [-0.25, -0.2) is 9.97 Å². The number of carboxylic acids is 2. The maximum absolute atomic E-state index is 12.9. The van der Waals surface area contributed by atoms with Gasteiger partial charge < -0.3 is 40.4 Å². The summed E-state index contributed by atoms with van der Waals surface area (Å²) in [6.07, 6.45) is 0. The van der Waals surface area contributed by atoms with Gasteiger partial charge in [-0.1, -0.05) is 5.16 Å². The molecule has 4 heterocycles. The second-order valence-corrected chi connectivity index (χ2v) is 10.2. The van der Waals surface area contributed by atoms with Crippen LogP contribution >= 0.6 is 34.4 Å². The summed E-state index contributed by atoms with van der Waals surface area (Å²) in [4.78, 5) is 62.0. The molecule has 2 amide bonds. The molecule has 0 aliphatic carbocycles. The number of aromatic nitrogens is 2. The van der Waals surface area contributed by atoms with Gasteiger partial charge in [-0.15, -0.1) is 34.4 Å². The number of hydrogen-bond acceptors (Lipinski definition) is 15. The Morgan fingerprint density at radius 3 is 2.55 bits per heavy atom. The molecule has 19 heteroatoms. The van der Waals surface area contributed by atoms with Gasteiger partial charge in [-0.05, 0) is 6.92 Å². The zero-order valence-electron chi connectivity index (χ0n) is 20.3. The van der Waals surface area contributed by atoms with Crippen molar-refractivity contribution in [1.82, 2.24) is 20.2 Å². The Bertz CT molecular complexity index is 1300. The van der Waals surface area contributed by atoms with E-state index in [0.717, 1.165) is 21.9 Å². The number of oxime groups is 1. The number of anilines is 1. The Balaban J connectivity index is 0.00000253. The van der Waals surface area contributed by atoms with Crippen LogP contribution in [-0.2, 0) is 35.4 Å². The number of amides is 2. The van der Waals surface area contributed by atoms with Gasteiger partial charge in [0.2, 0.25) is 0 Å². The van der Waals surface area contributed by atoms with Gasteiger partial charge in [0.15, 0.2) is 17.5 Å². The largest absolute Gasteiger partial charge is 1.00 e. The number of carbonyl (C=O) groups is 4. The normalized spacial score (nSPS) is 18.4. The molecule has 2 aliphatic rings. The second-order valence-electron chi connectivity index (χ2n) is 7.25. The third-order valence-corrected chi connectivity index (χ3v) is 7.64. The predicted octanol–water partition coefficient (Wildman–Crippen LogP) is -8.45. The third-order valence-electron chi connectivity index (χ3n) is 4.77. The number of rotatable bonds is 10. The topological polar surface area (TPSA) is 212 Å². The summed E-state index contributed by atoms with van der Waals surface area (Å²) in [6, 6.07) is -1.11. The molecule has 1 saturated heterocycles. The Morgan fingerprint density at radius 1 is 1.24 bits per heavy atom. The van der Waals surface area contributed by atoms with Gasteiger partial charge in [-0.3, -0.25) is 14.5 Å². The third kappa shape index (κ3) is 7.28. The summed E-state index contributed by atoms with van der Waals surface area (Å²) in [5.41, 5.74) is 5.55. The molecule has 0 spiro atoms. The predicted molar refractivity (Wildman–Crippen MR) is 123 cm³/mol. The van der Waals surface area contributed by atoms with E-state index in [2.05, 4.69) is 25.3 Å². The van der Waals surface area contributed by atoms with E-state index in [1.807, 2.05) is 12.3 Å². The number of ether oxygens (including phenoxy) is 1. The second kappa shape index (κ2) is 14.1. The minimum atomic E-state index is -1.60. The van der Waals surface area contributed by atoms with Crippen LogP contribution in [0.1, 0.15) is 16.4 Å². The van der Waals surface area contributed by atoms with Crippen LogP contribution in [-0.4, -0.2) is 68.1 Å². The average molecular weight is 599 g/mol. The van der Waals surface area contributed by atoms with Crippen molar-refractivity contribution in [2.45, 2.75) is 24.9 Å². The van der Waals surface area contributed by atoms with Crippen LogP contribution in [0.2, 0.25) is 0 Å². The molecular weight excluding hydrogens is 582 g/mol. The van der Waals surface area contributed by atoms with Crippen molar-refractivity contribution in [2.24, 2.45) is 5.16 Å². The number of hydrogen-bond donors (Lipinski definition) is 2. The summed E-state index contributed by atoms with van der Waals surface area (Å²) in [7, 11) is 0. The zero-order valence-corrected chi connectivity index (χ0v) is 26.7. The summed E-state index contributed by atoms with van der Waals surface area (Å²) >= 11 is 3.53. The van der Waals surface area contributed by atoms with Gasteiger partial charge in [0.1, 0.15) is 40.2 Å². The van der Waals surface area contributed by atoms with Crippen molar-refractivity contribution in [3.63, 3.8) is 0 Å². The Labute approximate surface area is 271 Å². The first-order valence-electron chi connectivity index (χ1n) is 10.0. The molecule has 1 fully saturated rings. The molecule has 0 saturated carbocycles. The van der Waals surface area contributed by atoms with Crippen LogP contribution in [0.5, 0.6) is 0 Å². The molecule has 0 aromatic carbocycles. The molecule has 14 nitrogen and oxygen atoms in total. The van der Waals surface area contributed by atoms with Gasteiger partial charge in [0.05, 0.1) is 17.7 Å². The number of fused-ring (bicyclic) bond motifs is 1. The minimum Gasteiger partial charge on any atom is -0.546 e. The Morgan fingerprint density at radius 2 is 1.97 bits per heavy atom. The number of aliphatic carboxylic acids is 2. The summed E-state index contributed by atoms with van der Waals surface area (Å²) in [5, 5.41) is 31.6. The molecule has 2 aromatic heterocycles. The minimum absolute atomic E-state index is 0. The van der Waals surface area contributed by atoms with Gasteiger partial charge in [-0.2, -0.15) is 0 Å². The van der Waals surface area contributed by atoms with Gasteiger partial charge in [0, 0.05) is 16.5 Å². The smallest absolute Gasteiger partial charge is 0.546 e. The van der Waals surface area contributed by atoms with Gasteiger partial charge >= 0.3 is 59.1 Å². The van der Waals surface area contributed by atoms with E-state index in [-0.39, 0.29) is 88.1 Å². The van der Waals surface area contributed by atoms with E-state index in [0.29, 0.717) is 5.01 Å². The monoisotopic (exact) mass is 598 g/mol. The molecule has 4 rings (SSSR count). The van der Waals surface area contributed by atoms with Crippen molar-refractivity contribution in [1.29, 1.82) is 0 Å². The molecule has 0 bridgehead atoms. The maximum atomic E-state index is 12.9. The fourth-order valence-corrected chi connectivity index (χ4v) is 5.78. The standard InChI is InChI=1S/C19H18N6O8S3.2Na/c1-7-4-34-10(21-7)2-32-9-6-35-17-13(16(29)25(17)14(9)18(30)31)23-15(28)12(24-33-3-11(26)27)8-5-36-19(20)22-8;;/h4-5,13,17H,2-3,6H2,1H3,(H2,20,22)(H,23,28)(H,26,27)(H,30,31);;/q;2*+1/p-2/b24-12-;;/t13-,17-;;/m1../s1. The Hall–Kier alpha value is -1.70.